The molecule has 0 saturated heterocycles. The fourth-order valence-electron chi connectivity index (χ4n) is 1.42. The molecule has 0 aliphatic carbocycles. The first kappa shape index (κ1) is 16.2. The van der Waals surface area contributed by atoms with Gasteiger partial charge in [0.1, 0.15) is 0 Å². The largest absolute Gasteiger partial charge is 0.401 e. The smallest absolute Gasteiger partial charge is 0.343 e. The van der Waals surface area contributed by atoms with E-state index in [9.17, 15) is 18.0 Å². The van der Waals surface area contributed by atoms with Gasteiger partial charge in [0.05, 0.1) is 6.54 Å². The fraction of sp³-hybridized carbons (Fsp3) is 0.900. The van der Waals surface area contributed by atoms with Gasteiger partial charge < -0.3 is 16.0 Å². The predicted octanol–water partition coefficient (Wildman–Crippen LogP) is 0.724. The molecule has 1 amide bonds. The summed E-state index contributed by atoms with van der Waals surface area (Å²) in [5.41, 5.74) is 5.33. The number of nitrogens with one attached hydrogen (secondary N) is 1. The summed E-state index contributed by atoms with van der Waals surface area (Å²) in [6.07, 6.45) is -4.29. The van der Waals surface area contributed by atoms with Crippen LogP contribution < -0.4 is 11.1 Å². The average Bonchev–Trinajstić information content (AvgIpc) is 2.24. The van der Waals surface area contributed by atoms with Crippen molar-refractivity contribution in [1.29, 1.82) is 0 Å². The molecule has 4 nitrogen and oxygen atoms in total. The Hall–Kier alpha value is -0.820. The van der Waals surface area contributed by atoms with Crippen LogP contribution in [0.1, 0.15) is 20.3 Å². The van der Waals surface area contributed by atoms with Crippen LogP contribution in [0.25, 0.3) is 0 Å². The molecule has 0 aliphatic heterocycles. The van der Waals surface area contributed by atoms with Crippen LogP contribution in [-0.2, 0) is 4.79 Å². The minimum absolute atomic E-state index is 0.00306. The summed E-state index contributed by atoms with van der Waals surface area (Å²) in [6, 6.07) is -0.635. The lowest BCUT2D eigenvalue weighted by molar-refractivity contribution is -0.134. The standard InChI is InChI=1S/C10H20F3N3O/c1-3-16(4-2)9(17)5-8(6-14)15-7-10(11,12)13/h8,15H,3-7,14H2,1-2H3. The topological polar surface area (TPSA) is 58.4 Å². The normalized spacial score (nSPS) is 13.5. The summed E-state index contributed by atoms with van der Waals surface area (Å²) in [4.78, 5) is 13.2. The average molecular weight is 255 g/mol. The molecule has 0 rings (SSSR count). The lowest BCUT2D eigenvalue weighted by Crippen LogP contribution is -2.45. The predicted molar refractivity (Wildman–Crippen MR) is 59.4 cm³/mol. The van der Waals surface area contributed by atoms with Gasteiger partial charge in [0.2, 0.25) is 5.91 Å². The third-order valence-electron chi connectivity index (χ3n) is 2.41. The van der Waals surface area contributed by atoms with Crippen molar-refractivity contribution in [3.05, 3.63) is 0 Å². The number of alkyl halides is 3. The maximum Gasteiger partial charge on any atom is 0.401 e. The lowest BCUT2D eigenvalue weighted by Gasteiger charge is -2.23. The van der Waals surface area contributed by atoms with Gasteiger partial charge in [0.15, 0.2) is 0 Å². The quantitative estimate of drug-likeness (QED) is 0.705. The highest BCUT2D eigenvalue weighted by Gasteiger charge is 2.28. The Morgan fingerprint density at radius 1 is 1.35 bits per heavy atom. The van der Waals surface area contributed by atoms with Crippen molar-refractivity contribution in [2.75, 3.05) is 26.2 Å². The van der Waals surface area contributed by atoms with Gasteiger partial charge in [-0.05, 0) is 13.8 Å². The van der Waals surface area contributed by atoms with E-state index in [1.165, 1.54) is 0 Å². The van der Waals surface area contributed by atoms with Crippen LogP contribution in [0.15, 0.2) is 0 Å². The van der Waals surface area contributed by atoms with E-state index in [1.54, 1.807) is 4.90 Å². The van der Waals surface area contributed by atoms with Crippen LogP contribution in [0, 0.1) is 0 Å². The van der Waals surface area contributed by atoms with Crippen LogP contribution in [-0.4, -0.2) is 49.2 Å². The van der Waals surface area contributed by atoms with Gasteiger partial charge >= 0.3 is 6.18 Å². The number of hydrogen-bond donors (Lipinski definition) is 2. The Morgan fingerprint density at radius 2 is 1.88 bits per heavy atom. The Morgan fingerprint density at radius 3 is 2.24 bits per heavy atom. The van der Waals surface area contributed by atoms with E-state index in [0.29, 0.717) is 13.1 Å². The van der Waals surface area contributed by atoms with E-state index in [0.717, 1.165) is 0 Å². The minimum atomic E-state index is -4.29. The summed E-state index contributed by atoms with van der Waals surface area (Å²) in [5, 5.41) is 2.25. The fourth-order valence-corrected chi connectivity index (χ4v) is 1.42. The minimum Gasteiger partial charge on any atom is -0.343 e. The molecule has 7 heteroatoms. The SMILES string of the molecule is CCN(CC)C(=O)CC(CN)NCC(F)(F)F. The van der Waals surface area contributed by atoms with Gasteiger partial charge in [0.25, 0.3) is 0 Å². The van der Waals surface area contributed by atoms with Crippen molar-refractivity contribution in [2.45, 2.75) is 32.5 Å². The number of amides is 1. The second-order valence-electron chi connectivity index (χ2n) is 3.70. The van der Waals surface area contributed by atoms with E-state index in [1.807, 2.05) is 13.8 Å². The first-order valence-corrected chi connectivity index (χ1v) is 5.62. The summed E-state index contributed by atoms with van der Waals surface area (Å²) in [7, 11) is 0. The molecule has 0 aromatic heterocycles. The van der Waals surface area contributed by atoms with Crippen molar-refractivity contribution in [2.24, 2.45) is 5.73 Å². The zero-order valence-corrected chi connectivity index (χ0v) is 10.2. The molecule has 1 unspecified atom stereocenters. The zero-order chi connectivity index (χ0) is 13.5. The van der Waals surface area contributed by atoms with Crippen molar-refractivity contribution in [3.63, 3.8) is 0 Å². The maximum absolute atomic E-state index is 12.0. The zero-order valence-electron chi connectivity index (χ0n) is 10.2. The molecule has 0 bridgehead atoms. The van der Waals surface area contributed by atoms with Crippen molar-refractivity contribution in [1.82, 2.24) is 10.2 Å². The molecular weight excluding hydrogens is 235 g/mol. The molecule has 102 valence electrons. The van der Waals surface area contributed by atoms with E-state index in [2.05, 4.69) is 5.32 Å². The molecule has 1 atom stereocenters. The number of hydrogen-bond acceptors (Lipinski definition) is 3. The first-order valence-electron chi connectivity index (χ1n) is 5.62. The third-order valence-corrected chi connectivity index (χ3v) is 2.41. The number of carbonyl (C=O) groups excluding carboxylic acids is 1. The number of halogens is 3. The van der Waals surface area contributed by atoms with E-state index < -0.39 is 18.8 Å². The number of nitrogens with zero attached hydrogens (tertiary/aromatic N) is 1. The van der Waals surface area contributed by atoms with Crippen LogP contribution in [0.5, 0.6) is 0 Å². The molecule has 17 heavy (non-hydrogen) atoms. The van der Waals surface area contributed by atoms with Crippen LogP contribution >= 0.6 is 0 Å². The van der Waals surface area contributed by atoms with Gasteiger partial charge in [0, 0.05) is 32.1 Å². The van der Waals surface area contributed by atoms with Gasteiger partial charge in [-0.2, -0.15) is 13.2 Å². The number of carbonyl (C=O) groups is 1. The molecule has 0 heterocycles. The summed E-state index contributed by atoms with van der Waals surface area (Å²) in [6.45, 7) is 3.62. The van der Waals surface area contributed by atoms with E-state index in [-0.39, 0.29) is 18.9 Å². The number of rotatable bonds is 7. The Kier molecular flexibility index (Phi) is 7.13. The van der Waals surface area contributed by atoms with Gasteiger partial charge in [-0.15, -0.1) is 0 Å². The summed E-state index contributed by atoms with van der Waals surface area (Å²) < 4.78 is 35.9. The molecule has 0 aromatic rings. The summed E-state index contributed by atoms with van der Waals surface area (Å²) >= 11 is 0. The van der Waals surface area contributed by atoms with Crippen molar-refractivity contribution < 1.29 is 18.0 Å². The van der Waals surface area contributed by atoms with Crippen LogP contribution in [0.4, 0.5) is 13.2 Å². The molecule has 0 saturated carbocycles. The molecule has 0 aliphatic rings. The van der Waals surface area contributed by atoms with E-state index in [4.69, 9.17) is 5.73 Å². The highest BCUT2D eigenvalue weighted by Crippen LogP contribution is 2.13. The van der Waals surface area contributed by atoms with Gasteiger partial charge in [-0.3, -0.25) is 4.79 Å². The monoisotopic (exact) mass is 255 g/mol. The van der Waals surface area contributed by atoms with Gasteiger partial charge in [-0.1, -0.05) is 0 Å². The first-order chi connectivity index (χ1) is 7.84. The van der Waals surface area contributed by atoms with Gasteiger partial charge in [-0.25, -0.2) is 0 Å². The Bertz CT molecular complexity index is 229. The summed E-state index contributed by atoms with van der Waals surface area (Å²) in [5.74, 6) is -0.180. The highest BCUT2D eigenvalue weighted by atomic mass is 19.4. The lowest BCUT2D eigenvalue weighted by atomic mass is 10.2. The van der Waals surface area contributed by atoms with Crippen molar-refractivity contribution >= 4 is 5.91 Å². The third kappa shape index (κ3) is 7.17. The molecule has 0 fully saturated rings. The molecule has 0 radical (unpaired) electrons. The highest BCUT2D eigenvalue weighted by molar-refractivity contribution is 5.76. The molecule has 0 aromatic carbocycles. The Labute approximate surface area is 99.3 Å². The molecular formula is C10H20F3N3O. The number of nitrogens with two attached hydrogens (primary N) is 1. The van der Waals surface area contributed by atoms with Crippen molar-refractivity contribution in [3.8, 4) is 0 Å². The molecule has 0 spiro atoms. The van der Waals surface area contributed by atoms with Crippen LogP contribution in [0.3, 0.4) is 0 Å². The second-order valence-corrected chi connectivity index (χ2v) is 3.70. The van der Waals surface area contributed by atoms with Crippen LogP contribution in [0.2, 0.25) is 0 Å². The van der Waals surface area contributed by atoms with E-state index >= 15 is 0 Å². The second kappa shape index (κ2) is 7.50. The maximum atomic E-state index is 12.0. The molecule has 3 N–H and O–H groups in total. The Balaban J connectivity index is 4.16.